The Labute approximate surface area is 216 Å². The number of hydrogen-bond donors (Lipinski definition) is 0. The first-order valence-corrected chi connectivity index (χ1v) is 12.5. The van der Waals surface area contributed by atoms with E-state index in [1.54, 1.807) is 39.5 Å². The molecule has 0 N–H and O–H groups in total. The van der Waals surface area contributed by atoms with Gasteiger partial charge in [-0.25, -0.2) is 0 Å². The van der Waals surface area contributed by atoms with Gasteiger partial charge >= 0.3 is 0 Å². The monoisotopic (exact) mass is 495 g/mol. The van der Waals surface area contributed by atoms with E-state index in [0.717, 1.165) is 29.5 Å². The third-order valence-electron chi connectivity index (χ3n) is 6.79. The van der Waals surface area contributed by atoms with E-state index < -0.39 is 0 Å². The zero-order chi connectivity index (χ0) is 25.9. The average molecular weight is 496 g/mol. The van der Waals surface area contributed by atoms with Crippen molar-refractivity contribution < 1.29 is 18.7 Å². The molecule has 5 rings (SSSR count). The van der Waals surface area contributed by atoms with Gasteiger partial charge in [0.15, 0.2) is 5.58 Å². The standard InChI is InChI=1S/C30H29N3O4/c1-33(2)30(34)20-9-11-24(27(16-20)35-3)28-17-25-29(37-28)23(13-14-32-25)19-10-12-26(21(15-19)18-31)36-22-7-5-4-6-8-22/h9-17,22H,4-8H2,1-3H3. The number of carbonyl (C=O) groups excluding carboxylic acids is 1. The number of rotatable bonds is 6. The van der Waals surface area contributed by atoms with Crippen LogP contribution in [0.25, 0.3) is 33.6 Å². The third-order valence-corrected chi connectivity index (χ3v) is 6.79. The molecular formula is C30H29N3O4. The maximum atomic E-state index is 12.4. The molecule has 1 aliphatic carbocycles. The van der Waals surface area contributed by atoms with Gasteiger partial charge in [-0.15, -0.1) is 0 Å². The second-order valence-corrected chi connectivity index (χ2v) is 9.50. The fourth-order valence-electron chi connectivity index (χ4n) is 4.83. The molecule has 1 saturated carbocycles. The largest absolute Gasteiger partial charge is 0.496 e. The first kappa shape index (κ1) is 24.4. The summed E-state index contributed by atoms with van der Waals surface area (Å²) in [5.74, 6) is 1.63. The SMILES string of the molecule is COc1cc(C(=O)N(C)C)ccc1-c1cc2nccc(-c3ccc(OC4CCCCC4)c(C#N)c3)c2o1. The second-order valence-electron chi connectivity index (χ2n) is 9.50. The highest BCUT2D eigenvalue weighted by Crippen LogP contribution is 2.38. The maximum Gasteiger partial charge on any atom is 0.253 e. The van der Waals surface area contributed by atoms with Crippen molar-refractivity contribution in [3.63, 3.8) is 0 Å². The van der Waals surface area contributed by atoms with Crippen LogP contribution < -0.4 is 9.47 Å². The van der Waals surface area contributed by atoms with Crippen molar-refractivity contribution in [2.75, 3.05) is 21.2 Å². The second kappa shape index (κ2) is 10.4. The Hall–Kier alpha value is -4.31. The molecule has 4 aromatic rings. The molecule has 188 valence electrons. The van der Waals surface area contributed by atoms with Crippen LogP contribution in [0.5, 0.6) is 11.5 Å². The molecule has 37 heavy (non-hydrogen) atoms. The van der Waals surface area contributed by atoms with Gasteiger partial charge in [0.05, 0.1) is 24.3 Å². The van der Waals surface area contributed by atoms with Crippen molar-refractivity contribution in [1.82, 2.24) is 9.88 Å². The van der Waals surface area contributed by atoms with E-state index in [2.05, 4.69) is 11.1 Å². The molecular weight excluding hydrogens is 466 g/mol. The van der Waals surface area contributed by atoms with Gasteiger partial charge in [-0.2, -0.15) is 5.26 Å². The number of carbonyl (C=O) groups is 1. The summed E-state index contributed by atoms with van der Waals surface area (Å²) >= 11 is 0. The Bertz CT molecular complexity index is 1490. The summed E-state index contributed by atoms with van der Waals surface area (Å²) < 4.78 is 18.1. The topological polar surface area (TPSA) is 88.6 Å². The van der Waals surface area contributed by atoms with Crippen LogP contribution in [0.1, 0.15) is 48.0 Å². The van der Waals surface area contributed by atoms with Gasteiger partial charge in [0.2, 0.25) is 0 Å². The van der Waals surface area contributed by atoms with E-state index in [0.29, 0.717) is 39.5 Å². The number of amides is 1. The van der Waals surface area contributed by atoms with Gasteiger partial charge < -0.3 is 18.8 Å². The highest BCUT2D eigenvalue weighted by Gasteiger charge is 2.20. The lowest BCUT2D eigenvalue weighted by atomic mass is 9.97. The van der Waals surface area contributed by atoms with Gasteiger partial charge in [-0.05, 0) is 67.6 Å². The van der Waals surface area contributed by atoms with Crippen LogP contribution in [0.15, 0.2) is 59.1 Å². The first-order chi connectivity index (χ1) is 18.0. The molecule has 0 radical (unpaired) electrons. The summed E-state index contributed by atoms with van der Waals surface area (Å²) in [7, 11) is 4.98. The van der Waals surface area contributed by atoms with Crippen LogP contribution in [0.4, 0.5) is 0 Å². The van der Waals surface area contributed by atoms with Gasteiger partial charge in [0.25, 0.3) is 5.91 Å². The Morgan fingerprint density at radius 3 is 2.57 bits per heavy atom. The number of furan rings is 1. The van der Waals surface area contributed by atoms with Crippen LogP contribution in [-0.2, 0) is 0 Å². The summed E-state index contributed by atoms with van der Waals surface area (Å²) in [6.45, 7) is 0. The lowest BCUT2D eigenvalue weighted by Crippen LogP contribution is -2.21. The van der Waals surface area contributed by atoms with Gasteiger partial charge in [0, 0.05) is 37.5 Å². The Morgan fingerprint density at radius 1 is 1.03 bits per heavy atom. The lowest BCUT2D eigenvalue weighted by molar-refractivity contribution is 0.0827. The zero-order valence-electron chi connectivity index (χ0n) is 21.3. The maximum absolute atomic E-state index is 12.4. The van der Waals surface area contributed by atoms with Crippen molar-refractivity contribution in [2.45, 2.75) is 38.2 Å². The molecule has 2 aromatic heterocycles. The van der Waals surface area contributed by atoms with Crippen molar-refractivity contribution >= 4 is 17.0 Å². The molecule has 2 aromatic carbocycles. The van der Waals surface area contributed by atoms with Crippen molar-refractivity contribution in [3.8, 4) is 40.0 Å². The number of ether oxygens (including phenoxy) is 2. The molecule has 1 fully saturated rings. The lowest BCUT2D eigenvalue weighted by Gasteiger charge is -2.23. The summed E-state index contributed by atoms with van der Waals surface area (Å²) in [4.78, 5) is 18.4. The number of nitriles is 1. The van der Waals surface area contributed by atoms with E-state index in [1.165, 1.54) is 24.2 Å². The van der Waals surface area contributed by atoms with E-state index in [9.17, 15) is 10.1 Å². The van der Waals surface area contributed by atoms with Gasteiger partial charge in [-0.3, -0.25) is 9.78 Å². The predicted molar refractivity (Wildman–Crippen MR) is 142 cm³/mol. The first-order valence-electron chi connectivity index (χ1n) is 12.5. The molecule has 0 bridgehead atoms. The summed E-state index contributed by atoms with van der Waals surface area (Å²) in [6, 6.07) is 17.0. The van der Waals surface area contributed by atoms with Crippen molar-refractivity contribution in [2.24, 2.45) is 0 Å². The fraction of sp³-hybridized carbons (Fsp3) is 0.300. The molecule has 0 aliphatic heterocycles. The van der Waals surface area contributed by atoms with Crippen molar-refractivity contribution in [1.29, 1.82) is 5.26 Å². The number of hydrogen-bond acceptors (Lipinski definition) is 6. The Morgan fingerprint density at radius 2 is 1.84 bits per heavy atom. The van der Waals surface area contributed by atoms with E-state index >= 15 is 0 Å². The number of fused-ring (bicyclic) bond motifs is 1. The number of methoxy groups -OCH3 is 1. The van der Waals surface area contributed by atoms with Crippen LogP contribution in [0, 0.1) is 11.3 Å². The van der Waals surface area contributed by atoms with Crippen LogP contribution in [0.3, 0.4) is 0 Å². The highest BCUT2D eigenvalue weighted by atomic mass is 16.5. The summed E-state index contributed by atoms with van der Waals surface area (Å²) in [5, 5.41) is 9.83. The molecule has 0 saturated heterocycles. The Kier molecular flexibility index (Phi) is 6.82. The molecule has 1 amide bonds. The minimum atomic E-state index is -0.109. The average Bonchev–Trinajstić information content (AvgIpc) is 3.37. The molecule has 0 unspecified atom stereocenters. The smallest absolute Gasteiger partial charge is 0.253 e. The van der Waals surface area contributed by atoms with E-state index in [-0.39, 0.29) is 12.0 Å². The number of pyridine rings is 1. The van der Waals surface area contributed by atoms with Gasteiger partial charge in [-0.1, -0.05) is 12.5 Å². The molecule has 7 nitrogen and oxygen atoms in total. The van der Waals surface area contributed by atoms with Crippen LogP contribution in [-0.4, -0.2) is 43.1 Å². The summed E-state index contributed by atoms with van der Waals surface area (Å²) in [5.41, 5.74) is 4.72. The number of aromatic nitrogens is 1. The normalized spacial score (nSPS) is 13.8. The van der Waals surface area contributed by atoms with Crippen LogP contribution >= 0.6 is 0 Å². The minimum Gasteiger partial charge on any atom is -0.496 e. The van der Waals surface area contributed by atoms with E-state index in [1.807, 2.05) is 36.4 Å². The van der Waals surface area contributed by atoms with Crippen molar-refractivity contribution in [3.05, 3.63) is 65.9 Å². The fourth-order valence-corrected chi connectivity index (χ4v) is 4.83. The van der Waals surface area contributed by atoms with Crippen LogP contribution in [0.2, 0.25) is 0 Å². The minimum absolute atomic E-state index is 0.109. The molecule has 2 heterocycles. The number of nitrogens with zero attached hydrogens (tertiary/aromatic N) is 3. The van der Waals surface area contributed by atoms with E-state index in [4.69, 9.17) is 13.9 Å². The third kappa shape index (κ3) is 4.88. The molecule has 7 heteroatoms. The molecule has 1 aliphatic rings. The zero-order valence-corrected chi connectivity index (χ0v) is 21.3. The molecule has 0 atom stereocenters. The highest BCUT2D eigenvalue weighted by molar-refractivity contribution is 5.96. The molecule has 0 spiro atoms. The quantitative estimate of drug-likeness (QED) is 0.305. The summed E-state index contributed by atoms with van der Waals surface area (Å²) in [6.07, 6.45) is 7.53. The Balaban J connectivity index is 1.51. The number of benzene rings is 2. The predicted octanol–water partition coefficient (Wildman–Crippen LogP) is 6.46. The van der Waals surface area contributed by atoms with Gasteiger partial charge in [0.1, 0.15) is 28.8 Å².